The van der Waals surface area contributed by atoms with E-state index in [1.807, 2.05) is 6.92 Å². The normalized spacial score (nSPS) is 12.5. The Kier molecular flexibility index (Phi) is 2.88. The van der Waals surface area contributed by atoms with Gasteiger partial charge in [0.25, 0.3) is 5.91 Å². The van der Waals surface area contributed by atoms with E-state index >= 15 is 0 Å². The summed E-state index contributed by atoms with van der Waals surface area (Å²) < 4.78 is 4.76. The maximum absolute atomic E-state index is 11.2. The van der Waals surface area contributed by atoms with Gasteiger partial charge in [-0.05, 0) is 13.0 Å². The Morgan fingerprint density at radius 1 is 1.83 bits per heavy atom. The van der Waals surface area contributed by atoms with Crippen LogP contribution in [0.3, 0.4) is 0 Å². The molecule has 0 fully saturated rings. The highest BCUT2D eigenvalue weighted by Gasteiger charge is 2.08. The van der Waals surface area contributed by atoms with Gasteiger partial charge in [-0.25, -0.2) is 0 Å². The van der Waals surface area contributed by atoms with Gasteiger partial charge in [0.05, 0.1) is 11.8 Å². The molecule has 4 heteroatoms. The Bertz CT molecular complexity index is 244. The molecule has 1 atom stereocenters. The minimum atomic E-state index is -0.151. The second-order valence-electron chi connectivity index (χ2n) is 2.62. The Morgan fingerprint density at radius 3 is 3.08 bits per heavy atom. The zero-order valence-electron chi connectivity index (χ0n) is 6.91. The molecule has 0 saturated carbocycles. The molecular formula is C8H12N2O2. The summed E-state index contributed by atoms with van der Waals surface area (Å²) in [7, 11) is 0. The zero-order valence-corrected chi connectivity index (χ0v) is 6.91. The van der Waals surface area contributed by atoms with E-state index in [9.17, 15) is 4.79 Å². The van der Waals surface area contributed by atoms with E-state index in [2.05, 4.69) is 5.32 Å². The number of nitrogens with two attached hydrogens (primary N) is 1. The third kappa shape index (κ3) is 2.10. The van der Waals surface area contributed by atoms with Crippen LogP contribution in [-0.4, -0.2) is 18.5 Å². The molecule has 0 aliphatic carbocycles. The van der Waals surface area contributed by atoms with Crippen LogP contribution in [0.15, 0.2) is 23.0 Å². The Hall–Kier alpha value is -1.29. The molecule has 1 heterocycles. The number of nitrogens with one attached hydrogen (secondary N) is 1. The molecule has 1 rings (SSSR count). The maximum atomic E-state index is 11.2. The first-order valence-electron chi connectivity index (χ1n) is 3.77. The van der Waals surface area contributed by atoms with Crippen LogP contribution in [0.1, 0.15) is 17.3 Å². The number of furan rings is 1. The van der Waals surface area contributed by atoms with E-state index in [0.29, 0.717) is 12.1 Å². The van der Waals surface area contributed by atoms with E-state index in [-0.39, 0.29) is 11.9 Å². The summed E-state index contributed by atoms with van der Waals surface area (Å²) in [5, 5.41) is 2.71. The first-order chi connectivity index (χ1) is 5.74. The van der Waals surface area contributed by atoms with E-state index in [1.165, 1.54) is 12.5 Å². The lowest BCUT2D eigenvalue weighted by Crippen LogP contribution is -2.37. The number of hydrogen-bond acceptors (Lipinski definition) is 3. The van der Waals surface area contributed by atoms with Crippen molar-refractivity contribution in [3.63, 3.8) is 0 Å². The van der Waals surface area contributed by atoms with Gasteiger partial charge in [0.15, 0.2) is 0 Å². The van der Waals surface area contributed by atoms with Gasteiger partial charge in [-0.15, -0.1) is 0 Å². The molecular weight excluding hydrogens is 156 g/mol. The Balaban J connectivity index is 2.50. The van der Waals surface area contributed by atoms with Crippen molar-refractivity contribution in [3.05, 3.63) is 24.2 Å². The van der Waals surface area contributed by atoms with E-state index in [0.717, 1.165) is 0 Å². The number of carbonyl (C=O) groups excluding carboxylic acids is 1. The number of rotatable bonds is 3. The van der Waals surface area contributed by atoms with Crippen LogP contribution in [0.25, 0.3) is 0 Å². The van der Waals surface area contributed by atoms with Crippen LogP contribution in [0.2, 0.25) is 0 Å². The minimum Gasteiger partial charge on any atom is -0.472 e. The molecule has 1 aromatic rings. The van der Waals surface area contributed by atoms with E-state index < -0.39 is 0 Å². The highest BCUT2D eigenvalue weighted by molar-refractivity contribution is 5.93. The standard InChI is InChI=1S/C8H12N2O2/c1-6(4-9)10-8(11)7-2-3-12-5-7/h2-3,5-6H,4,9H2,1H3,(H,10,11)/t6-/m0/s1. The van der Waals surface area contributed by atoms with Crippen molar-refractivity contribution < 1.29 is 9.21 Å². The van der Waals surface area contributed by atoms with Gasteiger partial charge in [0, 0.05) is 12.6 Å². The molecule has 0 aliphatic rings. The van der Waals surface area contributed by atoms with Crippen LogP contribution in [0, 0.1) is 0 Å². The second-order valence-corrected chi connectivity index (χ2v) is 2.62. The van der Waals surface area contributed by atoms with Crippen molar-refractivity contribution in [2.24, 2.45) is 5.73 Å². The molecule has 0 spiro atoms. The molecule has 12 heavy (non-hydrogen) atoms. The summed E-state index contributed by atoms with van der Waals surface area (Å²) in [5.74, 6) is -0.151. The van der Waals surface area contributed by atoms with Crippen molar-refractivity contribution in [1.82, 2.24) is 5.32 Å². The second kappa shape index (κ2) is 3.92. The molecule has 0 bridgehead atoms. The van der Waals surface area contributed by atoms with Crippen LogP contribution < -0.4 is 11.1 Å². The molecule has 0 saturated heterocycles. The van der Waals surface area contributed by atoms with Crippen molar-refractivity contribution in [3.8, 4) is 0 Å². The van der Waals surface area contributed by atoms with E-state index in [4.69, 9.17) is 10.2 Å². The highest BCUT2D eigenvalue weighted by Crippen LogP contribution is 1.99. The van der Waals surface area contributed by atoms with Gasteiger partial charge in [-0.2, -0.15) is 0 Å². The average Bonchev–Trinajstić information content (AvgIpc) is 2.56. The smallest absolute Gasteiger partial charge is 0.254 e. The van der Waals surface area contributed by atoms with Gasteiger partial charge in [-0.1, -0.05) is 0 Å². The average molecular weight is 168 g/mol. The van der Waals surface area contributed by atoms with E-state index in [1.54, 1.807) is 6.07 Å². The SMILES string of the molecule is C[C@@H](CN)NC(=O)c1ccoc1. The monoisotopic (exact) mass is 168 g/mol. The fourth-order valence-electron chi connectivity index (χ4n) is 0.760. The molecule has 66 valence electrons. The van der Waals surface area contributed by atoms with Crippen LogP contribution in [0.5, 0.6) is 0 Å². The van der Waals surface area contributed by atoms with Crippen molar-refractivity contribution in [2.75, 3.05) is 6.54 Å². The van der Waals surface area contributed by atoms with Gasteiger partial charge in [0.2, 0.25) is 0 Å². The van der Waals surface area contributed by atoms with Gasteiger partial charge < -0.3 is 15.5 Å². The molecule has 1 aromatic heterocycles. The Morgan fingerprint density at radius 2 is 2.58 bits per heavy atom. The fraction of sp³-hybridized carbons (Fsp3) is 0.375. The third-order valence-electron chi connectivity index (χ3n) is 1.51. The summed E-state index contributed by atoms with van der Waals surface area (Å²) in [4.78, 5) is 11.2. The lowest BCUT2D eigenvalue weighted by atomic mass is 10.3. The summed E-state index contributed by atoms with van der Waals surface area (Å²) in [6.07, 6.45) is 2.86. The quantitative estimate of drug-likeness (QED) is 0.684. The summed E-state index contributed by atoms with van der Waals surface area (Å²) >= 11 is 0. The van der Waals surface area contributed by atoms with Gasteiger partial charge in [0.1, 0.15) is 6.26 Å². The van der Waals surface area contributed by atoms with Crippen LogP contribution >= 0.6 is 0 Å². The molecule has 1 amide bonds. The molecule has 0 aromatic carbocycles. The fourth-order valence-corrected chi connectivity index (χ4v) is 0.760. The number of amides is 1. The summed E-state index contributed by atoms with van der Waals surface area (Å²) in [6.45, 7) is 2.28. The number of hydrogen-bond donors (Lipinski definition) is 2. The van der Waals surface area contributed by atoms with Crippen molar-refractivity contribution in [1.29, 1.82) is 0 Å². The van der Waals surface area contributed by atoms with Crippen LogP contribution in [0.4, 0.5) is 0 Å². The Labute approximate surface area is 70.7 Å². The first-order valence-corrected chi connectivity index (χ1v) is 3.77. The molecule has 3 N–H and O–H groups in total. The van der Waals surface area contributed by atoms with Gasteiger partial charge in [-0.3, -0.25) is 4.79 Å². The van der Waals surface area contributed by atoms with Crippen molar-refractivity contribution >= 4 is 5.91 Å². The molecule has 0 unspecified atom stereocenters. The predicted molar refractivity (Wildman–Crippen MR) is 44.7 cm³/mol. The molecule has 0 aliphatic heterocycles. The lowest BCUT2D eigenvalue weighted by molar-refractivity contribution is 0.0940. The largest absolute Gasteiger partial charge is 0.472 e. The molecule has 4 nitrogen and oxygen atoms in total. The first kappa shape index (κ1) is 8.80. The van der Waals surface area contributed by atoms with Crippen LogP contribution in [-0.2, 0) is 0 Å². The minimum absolute atomic E-state index is 0.00704. The highest BCUT2D eigenvalue weighted by atomic mass is 16.3. The molecule has 0 radical (unpaired) electrons. The maximum Gasteiger partial charge on any atom is 0.254 e. The summed E-state index contributed by atoms with van der Waals surface area (Å²) in [5.41, 5.74) is 5.86. The topological polar surface area (TPSA) is 68.3 Å². The zero-order chi connectivity index (χ0) is 8.97. The van der Waals surface area contributed by atoms with Gasteiger partial charge >= 0.3 is 0 Å². The summed E-state index contributed by atoms with van der Waals surface area (Å²) in [6, 6.07) is 1.60. The third-order valence-corrected chi connectivity index (χ3v) is 1.51. The number of carbonyl (C=O) groups is 1. The lowest BCUT2D eigenvalue weighted by Gasteiger charge is -2.09. The van der Waals surface area contributed by atoms with Crippen molar-refractivity contribution in [2.45, 2.75) is 13.0 Å². The predicted octanol–water partition coefficient (Wildman–Crippen LogP) is 0.357.